The zero-order chi connectivity index (χ0) is 10.4. The van der Waals surface area contributed by atoms with Gasteiger partial charge in [0, 0.05) is 13.1 Å². The van der Waals surface area contributed by atoms with Crippen LogP contribution in [-0.4, -0.2) is 13.1 Å². The number of hydrogen-bond acceptors (Lipinski definition) is 3. The van der Waals surface area contributed by atoms with E-state index >= 15 is 0 Å². The maximum absolute atomic E-state index is 5.74. The summed E-state index contributed by atoms with van der Waals surface area (Å²) in [5.41, 5.74) is 7.35. The zero-order valence-electron chi connectivity index (χ0n) is 9.05. The molecule has 1 unspecified atom stereocenters. The standard InChI is InChI=1S/C11H20N2S/c1-3-11(2,8-12)9-13-6-10-4-5-14-7-10/h4-5,7,13H,3,6,8-9,12H2,1-2H3. The molecule has 2 nitrogen and oxygen atoms in total. The average molecular weight is 212 g/mol. The molecule has 1 rings (SSSR count). The van der Waals surface area contributed by atoms with Crippen molar-refractivity contribution < 1.29 is 0 Å². The van der Waals surface area contributed by atoms with Crippen LogP contribution >= 0.6 is 11.3 Å². The van der Waals surface area contributed by atoms with Gasteiger partial charge in [0.25, 0.3) is 0 Å². The van der Waals surface area contributed by atoms with E-state index in [-0.39, 0.29) is 5.41 Å². The number of nitrogens with one attached hydrogen (secondary N) is 1. The normalized spacial score (nSPS) is 15.4. The summed E-state index contributed by atoms with van der Waals surface area (Å²) in [6, 6.07) is 2.16. The second-order valence-electron chi connectivity index (χ2n) is 4.10. The number of nitrogens with two attached hydrogens (primary N) is 1. The van der Waals surface area contributed by atoms with Gasteiger partial charge in [0.1, 0.15) is 0 Å². The molecule has 0 aliphatic carbocycles. The molecule has 1 heterocycles. The van der Waals surface area contributed by atoms with Gasteiger partial charge in [-0.1, -0.05) is 13.8 Å². The van der Waals surface area contributed by atoms with Gasteiger partial charge in [0.05, 0.1) is 0 Å². The van der Waals surface area contributed by atoms with Crippen molar-refractivity contribution in [3.8, 4) is 0 Å². The van der Waals surface area contributed by atoms with Crippen molar-refractivity contribution in [3.05, 3.63) is 22.4 Å². The van der Waals surface area contributed by atoms with Crippen molar-refractivity contribution in [1.82, 2.24) is 5.32 Å². The molecule has 0 fully saturated rings. The van der Waals surface area contributed by atoms with Crippen molar-refractivity contribution in [2.45, 2.75) is 26.8 Å². The summed E-state index contributed by atoms with van der Waals surface area (Å²) >= 11 is 1.74. The Morgan fingerprint density at radius 2 is 2.36 bits per heavy atom. The number of hydrogen-bond donors (Lipinski definition) is 2. The molecule has 0 radical (unpaired) electrons. The van der Waals surface area contributed by atoms with Gasteiger partial charge < -0.3 is 11.1 Å². The highest BCUT2D eigenvalue weighted by Gasteiger charge is 2.18. The Bertz CT molecular complexity index is 240. The van der Waals surface area contributed by atoms with E-state index in [1.807, 2.05) is 0 Å². The van der Waals surface area contributed by atoms with Gasteiger partial charge in [-0.25, -0.2) is 0 Å². The summed E-state index contributed by atoms with van der Waals surface area (Å²) in [5.74, 6) is 0. The van der Waals surface area contributed by atoms with Crippen LogP contribution in [0.4, 0.5) is 0 Å². The van der Waals surface area contributed by atoms with E-state index in [1.165, 1.54) is 5.56 Å². The lowest BCUT2D eigenvalue weighted by atomic mass is 9.88. The van der Waals surface area contributed by atoms with Crippen LogP contribution in [0.2, 0.25) is 0 Å². The highest BCUT2D eigenvalue weighted by atomic mass is 32.1. The predicted molar refractivity (Wildman–Crippen MR) is 63.5 cm³/mol. The fourth-order valence-electron chi connectivity index (χ4n) is 1.24. The van der Waals surface area contributed by atoms with Gasteiger partial charge >= 0.3 is 0 Å². The zero-order valence-corrected chi connectivity index (χ0v) is 9.86. The van der Waals surface area contributed by atoms with Gasteiger partial charge in [-0.15, -0.1) is 0 Å². The van der Waals surface area contributed by atoms with Crippen LogP contribution in [0.15, 0.2) is 16.8 Å². The van der Waals surface area contributed by atoms with Crippen LogP contribution in [0.3, 0.4) is 0 Å². The van der Waals surface area contributed by atoms with Gasteiger partial charge in [0.15, 0.2) is 0 Å². The Kier molecular flexibility index (Phi) is 4.58. The van der Waals surface area contributed by atoms with Crippen molar-refractivity contribution in [2.24, 2.45) is 11.1 Å². The highest BCUT2D eigenvalue weighted by Crippen LogP contribution is 2.17. The molecule has 1 aromatic rings. The lowest BCUT2D eigenvalue weighted by molar-refractivity contribution is 0.303. The second-order valence-corrected chi connectivity index (χ2v) is 4.88. The molecule has 0 aromatic carbocycles. The number of thiophene rings is 1. The quantitative estimate of drug-likeness (QED) is 0.759. The molecule has 0 spiro atoms. The molecule has 80 valence electrons. The largest absolute Gasteiger partial charge is 0.330 e. The fourth-order valence-corrected chi connectivity index (χ4v) is 1.91. The van der Waals surface area contributed by atoms with E-state index in [9.17, 15) is 0 Å². The van der Waals surface area contributed by atoms with Crippen LogP contribution in [0.5, 0.6) is 0 Å². The van der Waals surface area contributed by atoms with E-state index in [4.69, 9.17) is 5.73 Å². The third-order valence-corrected chi connectivity index (χ3v) is 3.54. The molecule has 0 aliphatic rings. The van der Waals surface area contributed by atoms with E-state index in [0.29, 0.717) is 0 Å². The van der Waals surface area contributed by atoms with E-state index in [2.05, 4.69) is 36.0 Å². The number of rotatable bonds is 6. The summed E-state index contributed by atoms with van der Waals surface area (Å²) < 4.78 is 0. The third-order valence-electron chi connectivity index (χ3n) is 2.81. The average Bonchev–Trinajstić information content (AvgIpc) is 2.70. The Hall–Kier alpha value is -0.380. The monoisotopic (exact) mass is 212 g/mol. The predicted octanol–water partition coefficient (Wildman–Crippen LogP) is 2.21. The first-order valence-corrected chi connectivity index (χ1v) is 6.06. The molecule has 0 saturated heterocycles. The Morgan fingerprint density at radius 3 is 2.86 bits per heavy atom. The summed E-state index contributed by atoms with van der Waals surface area (Å²) in [5, 5.41) is 7.75. The van der Waals surface area contributed by atoms with Crippen molar-refractivity contribution in [2.75, 3.05) is 13.1 Å². The molecule has 3 heteroatoms. The maximum atomic E-state index is 5.74. The molecule has 1 aromatic heterocycles. The third kappa shape index (κ3) is 3.40. The summed E-state index contributed by atoms with van der Waals surface area (Å²) in [7, 11) is 0. The lowest BCUT2D eigenvalue weighted by Crippen LogP contribution is -2.37. The molecule has 0 amide bonds. The highest BCUT2D eigenvalue weighted by molar-refractivity contribution is 7.07. The van der Waals surface area contributed by atoms with Gasteiger partial charge in [-0.3, -0.25) is 0 Å². The van der Waals surface area contributed by atoms with E-state index < -0.39 is 0 Å². The minimum Gasteiger partial charge on any atom is -0.330 e. The van der Waals surface area contributed by atoms with Gasteiger partial charge in [0.2, 0.25) is 0 Å². The van der Waals surface area contributed by atoms with Crippen molar-refractivity contribution in [1.29, 1.82) is 0 Å². The SMILES string of the molecule is CCC(C)(CN)CNCc1ccsc1. The molecular formula is C11H20N2S. The fraction of sp³-hybridized carbons (Fsp3) is 0.636. The molecule has 14 heavy (non-hydrogen) atoms. The Balaban J connectivity index is 2.27. The first kappa shape index (κ1) is 11.7. The molecule has 0 bridgehead atoms. The minimum atomic E-state index is 0.246. The summed E-state index contributed by atoms with van der Waals surface area (Å²) in [4.78, 5) is 0. The van der Waals surface area contributed by atoms with Crippen LogP contribution < -0.4 is 11.1 Å². The Morgan fingerprint density at radius 1 is 1.57 bits per heavy atom. The maximum Gasteiger partial charge on any atom is 0.0213 e. The smallest absolute Gasteiger partial charge is 0.0213 e. The minimum absolute atomic E-state index is 0.246. The molecule has 0 saturated carbocycles. The van der Waals surface area contributed by atoms with Crippen LogP contribution in [0.1, 0.15) is 25.8 Å². The second kappa shape index (κ2) is 5.49. The van der Waals surface area contributed by atoms with Gasteiger partial charge in [-0.05, 0) is 40.8 Å². The molecule has 0 aliphatic heterocycles. The lowest BCUT2D eigenvalue weighted by Gasteiger charge is -2.26. The van der Waals surface area contributed by atoms with E-state index in [1.54, 1.807) is 11.3 Å². The topological polar surface area (TPSA) is 38.0 Å². The van der Waals surface area contributed by atoms with Gasteiger partial charge in [-0.2, -0.15) is 11.3 Å². The first-order valence-electron chi connectivity index (χ1n) is 5.12. The molecule has 1 atom stereocenters. The van der Waals surface area contributed by atoms with E-state index in [0.717, 1.165) is 26.1 Å². The summed E-state index contributed by atoms with van der Waals surface area (Å²) in [6.45, 7) is 7.13. The van der Waals surface area contributed by atoms with Crippen molar-refractivity contribution >= 4 is 11.3 Å². The van der Waals surface area contributed by atoms with Crippen LogP contribution in [0.25, 0.3) is 0 Å². The molecular weight excluding hydrogens is 192 g/mol. The van der Waals surface area contributed by atoms with Crippen LogP contribution in [-0.2, 0) is 6.54 Å². The van der Waals surface area contributed by atoms with Crippen LogP contribution in [0, 0.1) is 5.41 Å². The van der Waals surface area contributed by atoms with Crippen molar-refractivity contribution in [3.63, 3.8) is 0 Å². The first-order chi connectivity index (χ1) is 6.70. The Labute approximate surface area is 90.5 Å². The molecule has 3 N–H and O–H groups in total. The summed E-state index contributed by atoms with van der Waals surface area (Å²) in [6.07, 6.45) is 1.13.